The molecule has 0 aliphatic heterocycles. The van der Waals surface area contributed by atoms with Crippen molar-refractivity contribution in [1.29, 1.82) is 0 Å². The highest BCUT2D eigenvalue weighted by Crippen LogP contribution is 2.21. The van der Waals surface area contributed by atoms with Gasteiger partial charge in [0.15, 0.2) is 0 Å². The summed E-state index contributed by atoms with van der Waals surface area (Å²) in [6, 6.07) is 6.32. The highest BCUT2D eigenvalue weighted by Gasteiger charge is 2.16. The fraction of sp³-hybridized carbons (Fsp3) is 0.308. The number of nitrogens with one attached hydrogen (secondary N) is 1. The maximum atomic E-state index is 13.8. The van der Waals surface area contributed by atoms with Crippen molar-refractivity contribution in [2.24, 2.45) is 12.9 Å². The number of aryl methyl sites for hydroxylation is 2. The van der Waals surface area contributed by atoms with Gasteiger partial charge in [-0.2, -0.15) is 5.10 Å². The summed E-state index contributed by atoms with van der Waals surface area (Å²) in [5.74, 6) is 5.21. The molecule has 2 rings (SSSR count). The van der Waals surface area contributed by atoms with Crippen molar-refractivity contribution < 1.29 is 4.39 Å². The molecule has 4 nitrogen and oxygen atoms in total. The number of halogens is 2. The highest BCUT2D eigenvalue weighted by molar-refractivity contribution is 6.30. The van der Waals surface area contributed by atoms with E-state index in [0.717, 1.165) is 11.4 Å². The molecule has 1 atom stereocenters. The first kappa shape index (κ1) is 14.0. The summed E-state index contributed by atoms with van der Waals surface area (Å²) < 4.78 is 15.5. The Morgan fingerprint density at radius 3 is 2.74 bits per heavy atom. The van der Waals surface area contributed by atoms with Gasteiger partial charge >= 0.3 is 0 Å². The maximum absolute atomic E-state index is 13.8. The van der Waals surface area contributed by atoms with E-state index >= 15 is 0 Å². The smallest absolute Gasteiger partial charge is 0.127 e. The van der Waals surface area contributed by atoms with Crippen LogP contribution >= 0.6 is 11.6 Å². The van der Waals surface area contributed by atoms with Gasteiger partial charge in [-0.25, -0.2) is 4.39 Å². The van der Waals surface area contributed by atoms with Crippen LogP contribution in [0.25, 0.3) is 0 Å². The van der Waals surface area contributed by atoms with Crippen molar-refractivity contribution >= 4 is 11.6 Å². The van der Waals surface area contributed by atoms with E-state index in [4.69, 9.17) is 17.4 Å². The van der Waals surface area contributed by atoms with Gasteiger partial charge in [0, 0.05) is 17.8 Å². The first-order valence-corrected chi connectivity index (χ1v) is 6.29. The molecule has 3 N–H and O–H groups in total. The molecule has 1 aromatic heterocycles. The van der Waals surface area contributed by atoms with Gasteiger partial charge in [0.1, 0.15) is 5.82 Å². The lowest BCUT2D eigenvalue weighted by atomic mass is 10.0. The topological polar surface area (TPSA) is 55.9 Å². The van der Waals surface area contributed by atoms with Crippen LogP contribution in [0.15, 0.2) is 24.3 Å². The van der Waals surface area contributed by atoms with Crippen LogP contribution in [0.2, 0.25) is 5.02 Å². The van der Waals surface area contributed by atoms with E-state index in [1.54, 1.807) is 16.8 Å². The van der Waals surface area contributed by atoms with Crippen LogP contribution in [-0.4, -0.2) is 9.78 Å². The molecule has 102 valence electrons. The number of nitrogens with zero attached hydrogens (tertiary/aromatic N) is 2. The first-order valence-electron chi connectivity index (χ1n) is 5.92. The number of hydrogen-bond acceptors (Lipinski definition) is 3. The van der Waals surface area contributed by atoms with E-state index in [1.807, 2.05) is 20.0 Å². The molecular weight excluding hydrogens is 267 g/mol. The second-order valence-electron chi connectivity index (χ2n) is 4.49. The number of benzene rings is 1. The van der Waals surface area contributed by atoms with Gasteiger partial charge in [-0.15, -0.1) is 0 Å². The maximum Gasteiger partial charge on any atom is 0.127 e. The summed E-state index contributed by atoms with van der Waals surface area (Å²) >= 11 is 5.73. The molecule has 0 radical (unpaired) electrons. The molecule has 1 unspecified atom stereocenters. The number of nitrogens with two attached hydrogens (primary N) is 1. The molecule has 1 heterocycles. The molecular formula is C13H16ClFN4. The molecule has 1 aromatic carbocycles. The molecule has 0 fully saturated rings. The zero-order valence-corrected chi connectivity index (χ0v) is 11.6. The SMILES string of the molecule is Cc1cc(C(Cc2ccc(Cl)cc2F)NN)nn1C. The van der Waals surface area contributed by atoms with Gasteiger partial charge < -0.3 is 0 Å². The molecule has 0 aliphatic carbocycles. The Kier molecular flexibility index (Phi) is 4.19. The summed E-state index contributed by atoms with van der Waals surface area (Å²) in [5, 5.41) is 4.73. The fourth-order valence-corrected chi connectivity index (χ4v) is 2.07. The van der Waals surface area contributed by atoms with Gasteiger partial charge in [0.2, 0.25) is 0 Å². The van der Waals surface area contributed by atoms with Crippen LogP contribution < -0.4 is 11.3 Å². The highest BCUT2D eigenvalue weighted by atomic mass is 35.5. The third-order valence-corrected chi connectivity index (χ3v) is 3.37. The van der Waals surface area contributed by atoms with Gasteiger partial charge in [-0.3, -0.25) is 16.0 Å². The molecule has 0 saturated carbocycles. The minimum Gasteiger partial charge on any atom is -0.273 e. The Morgan fingerprint density at radius 1 is 1.47 bits per heavy atom. The fourth-order valence-electron chi connectivity index (χ4n) is 1.91. The normalized spacial score (nSPS) is 12.7. The molecule has 0 bridgehead atoms. The zero-order chi connectivity index (χ0) is 14.0. The van der Waals surface area contributed by atoms with Crippen LogP contribution in [0.4, 0.5) is 4.39 Å². The first-order chi connectivity index (χ1) is 9.01. The van der Waals surface area contributed by atoms with Crippen molar-refractivity contribution in [3.8, 4) is 0 Å². The number of hydrazine groups is 1. The minimum absolute atomic E-state index is 0.240. The van der Waals surface area contributed by atoms with E-state index in [-0.39, 0.29) is 11.9 Å². The monoisotopic (exact) mass is 282 g/mol. The summed E-state index contributed by atoms with van der Waals surface area (Å²) in [6.07, 6.45) is 0.413. The molecule has 0 saturated heterocycles. The van der Waals surface area contributed by atoms with Gasteiger partial charge in [-0.1, -0.05) is 17.7 Å². The Labute approximate surface area is 116 Å². The van der Waals surface area contributed by atoms with Crippen LogP contribution in [0, 0.1) is 12.7 Å². The molecule has 0 aliphatic rings. The predicted molar refractivity (Wildman–Crippen MR) is 73.1 cm³/mol. The van der Waals surface area contributed by atoms with E-state index in [2.05, 4.69) is 10.5 Å². The molecule has 19 heavy (non-hydrogen) atoms. The van der Waals surface area contributed by atoms with Gasteiger partial charge in [-0.05, 0) is 37.1 Å². The van der Waals surface area contributed by atoms with E-state index < -0.39 is 0 Å². The van der Waals surface area contributed by atoms with Crippen LogP contribution in [0.3, 0.4) is 0 Å². The van der Waals surface area contributed by atoms with Gasteiger partial charge in [0.05, 0.1) is 11.7 Å². The minimum atomic E-state index is -0.333. The van der Waals surface area contributed by atoms with Gasteiger partial charge in [0.25, 0.3) is 0 Å². The Hall–Kier alpha value is -1.43. The lowest BCUT2D eigenvalue weighted by molar-refractivity contribution is 0.512. The van der Waals surface area contributed by atoms with Crippen molar-refractivity contribution in [2.45, 2.75) is 19.4 Å². The van der Waals surface area contributed by atoms with Crippen LogP contribution in [0.1, 0.15) is 23.0 Å². The molecule has 6 heteroatoms. The molecule has 0 spiro atoms. The Bertz CT molecular complexity index is 563. The zero-order valence-electron chi connectivity index (χ0n) is 10.8. The van der Waals surface area contributed by atoms with E-state index in [0.29, 0.717) is 17.0 Å². The lowest BCUT2D eigenvalue weighted by Crippen LogP contribution is -2.30. The second kappa shape index (κ2) is 5.69. The average Bonchev–Trinajstić information content (AvgIpc) is 2.68. The average molecular weight is 283 g/mol. The summed E-state index contributed by atoms with van der Waals surface area (Å²) in [6.45, 7) is 1.95. The standard InChI is InChI=1S/C13H16ClFN4/c1-8-5-13(18-19(8)2)12(17-16)6-9-3-4-10(14)7-11(9)15/h3-5,7,12,17H,6,16H2,1-2H3. The van der Waals surface area contributed by atoms with Crippen molar-refractivity contribution in [2.75, 3.05) is 0 Å². The second-order valence-corrected chi connectivity index (χ2v) is 4.93. The van der Waals surface area contributed by atoms with Crippen molar-refractivity contribution in [3.05, 3.63) is 52.1 Å². The Balaban J connectivity index is 2.23. The predicted octanol–water partition coefficient (Wildman–Crippen LogP) is 2.27. The van der Waals surface area contributed by atoms with Crippen molar-refractivity contribution in [3.63, 3.8) is 0 Å². The Morgan fingerprint density at radius 2 is 2.21 bits per heavy atom. The third kappa shape index (κ3) is 3.12. The van der Waals surface area contributed by atoms with Crippen molar-refractivity contribution in [1.82, 2.24) is 15.2 Å². The summed E-state index contributed by atoms with van der Waals surface area (Å²) in [7, 11) is 1.86. The number of hydrogen-bond donors (Lipinski definition) is 2. The number of rotatable bonds is 4. The lowest BCUT2D eigenvalue weighted by Gasteiger charge is -2.14. The number of aromatic nitrogens is 2. The quantitative estimate of drug-likeness (QED) is 0.668. The third-order valence-electron chi connectivity index (χ3n) is 3.13. The van der Waals surface area contributed by atoms with E-state index in [1.165, 1.54) is 6.07 Å². The largest absolute Gasteiger partial charge is 0.273 e. The van der Waals surface area contributed by atoms with Crippen LogP contribution in [-0.2, 0) is 13.5 Å². The summed E-state index contributed by atoms with van der Waals surface area (Å²) in [4.78, 5) is 0. The summed E-state index contributed by atoms with van der Waals surface area (Å²) in [5.41, 5.74) is 5.03. The molecule has 0 amide bonds. The van der Waals surface area contributed by atoms with E-state index in [9.17, 15) is 4.39 Å². The molecule has 2 aromatic rings. The van der Waals surface area contributed by atoms with Crippen LogP contribution in [0.5, 0.6) is 0 Å².